The number of thiazole rings is 1. The summed E-state index contributed by atoms with van der Waals surface area (Å²) in [6.07, 6.45) is 6.71. The highest BCUT2D eigenvalue weighted by atomic mass is 32.2. The van der Waals surface area contributed by atoms with Crippen molar-refractivity contribution in [3.8, 4) is 10.6 Å². The Morgan fingerprint density at radius 3 is 2.96 bits per heavy atom. The molecule has 0 aromatic carbocycles. The number of carbonyl (C=O) groups excluding carboxylic acids is 1. The smallest absolute Gasteiger partial charge is 0.228 e. The number of pyridine rings is 1. The molecule has 0 fully saturated rings. The fraction of sp³-hybridized carbons (Fsp3) is 0.333. The van der Waals surface area contributed by atoms with Gasteiger partial charge in [-0.05, 0) is 12.3 Å². The zero-order valence-electron chi connectivity index (χ0n) is 13.1. The average molecular weight is 352 g/mol. The highest BCUT2D eigenvalue weighted by molar-refractivity contribution is 7.98. The number of carbonyl (C=O) groups is 1. The van der Waals surface area contributed by atoms with E-state index in [-0.39, 0.29) is 5.91 Å². The standard InChI is InChI=1S/C15H17FN4OS2/c1-17-9-12-15(20(2)13(21)4-5-22-3)23-14(19-12)10-6-11(16)8-18-7-10/h6-9H,4-5H2,1-3H3. The molecule has 2 heterocycles. The van der Waals surface area contributed by atoms with E-state index in [1.54, 1.807) is 43.2 Å². The number of nitrogens with zero attached hydrogens (tertiary/aromatic N) is 4. The summed E-state index contributed by atoms with van der Waals surface area (Å²) in [6, 6.07) is 1.37. The minimum Gasteiger partial charge on any atom is -0.305 e. The molecule has 2 aromatic heterocycles. The molecular formula is C15H17FN4OS2. The highest BCUT2D eigenvalue weighted by Gasteiger charge is 2.19. The molecule has 1 amide bonds. The summed E-state index contributed by atoms with van der Waals surface area (Å²) in [5.41, 5.74) is 1.17. The number of halogens is 1. The summed E-state index contributed by atoms with van der Waals surface area (Å²) in [7, 11) is 3.36. The van der Waals surface area contributed by atoms with Crippen LogP contribution in [0.4, 0.5) is 9.39 Å². The van der Waals surface area contributed by atoms with E-state index in [1.165, 1.54) is 17.4 Å². The molecule has 2 rings (SSSR count). The van der Waals surface area contributed by atoms with Crippen molar-refractivity contribution in [1.82, 2.24) is 9.97 Å². The normalized spacial score (nSPS) is 11.1. The van der Waals surface area contributed by atoms with Crippen LogP contribution in [0, 0.1) is 5.82 Å². The number of hydrogen-bond donors (Lipinski definition) is 0. The van der Waals surface area contributed by atoms with Crippen LogP contribution in [-0.4, -0.2) is 48.2 Å². The molecular weight excluding hydrogens is 335 g/mol. The van der Waals surface area contributed by atoms with Gasteiger partial charge in [0.05, 0.1) is 6.20 Å². The Kier molecular flexibility index (Phi) is 6.23. The first kappa shape index (κ1) is 17.6. The molecule has 0 saturated heterocycles. The molecule has 23 heavy (non-hydrogen) atoms. The SMILES string of the molecule is CN=Cc1nc(-c2cncc(F)c2)sc1N(C)C(=O)CCSC. The molecule has 0 atom stereocenters. The molecule has 0 aliphatic heterocycles. The Morgan fingerprint density at radius 2 is 2.30 bits per heavy atom. The minimum atomic E-state index is -0.422. The Bertz CT molecular complexity index is 717. The largest absolute Gasteiger partial charge is 0.305 e. The van der Waals surface area contributed by atoms with Crippen LogP contribution >= 0.6 is 23.1 Å². The monoisotopic (exact) mass is 352 g/mol. The lowest BCUT2D eigenvalue weighted by atomic mass is 10.3. The predicted octanol–water partition coefficient (Wildman–Crippen LogP) is 3.11. The van der Waals surface area contributed by atoms with E-state index < -0.39 is 5.82 Å². The van der Waals surface area contributed by atoms with Gasteiger partial charge in [-0.15, -0.1) is 0 Å². The lowest BCUT2D eigenvalue weighted by Gasteiger charge is -2.15. The van der Waals surface area contributed by atoms with E-state index in [0.29, 0.717) is 27.7 Å². The topological polar surface area (TPSA) is 58.5 Å². The number of aromatic nitrogens is 2. The van der Waals surface area contributed by atoms with Crippen molar-refractivity contribution < 1.29 is 9.18 Å². The van der Waals surface area contributed by atoms with Crippen molar-refractivity contribution in [2.75, 3.05) is 31.0 Å². The van der Waals surface area contributed by atoms with Crippen LogP contribution in [0.2, 0.25) is 0 Å². The molecule has 5 nitrogen and oxygen atoms in total. The van der Waals surface area contributed by atoms with E-state index in [0.717, 1.165) is 11.9 Å². The van der Waals surface area contributed by atoms with Gasteiger partial charge in [0.25, 0.3) is 0 Å². The number of hydrogen-bond acceptors (Lipinski definition) is 6. The second-order valence-electron chi connectivity index (χ2n) is 4.68. The Labute approximate surface area is 142 Å². The quantitative estimate of drug-likeness (QED) is 0.750. The molecule has 122 valence electrons. The maximum Gasteiger partial charge on any atom is 0.228 e. The summed E-state index contributed by atoms with van der Waals surface area (Å²) in [5, 5.41) is 1.30. The maximum absolute atomic E-state index is 13.4. The second kappa shape index (κ2) is 8.16. The molecule has 0 radical (unpaired) electrons. The van der Waals surface area contributed by atoms with Crippen LogP contribution in [0.1, 0.15) is 12.1 Å². The van der Waals surface area contributed by atoms with Gasteiger partial charge < -0.3 is 4.90 Å². The van der Waals surface area contributed by atoms with Gasteiger partial charge in [-0.1, -0.05) is 11.3 Å². The van der Waals surface area contributed by atoms with Crippen molar-refractivity contribution in [2.24, 2.45) is 4.99 Å². The lowest BCUT2D eigenvalue weighted by Crippen LogP contribution is -2.26. The Balaban J connectivity index is 2.37. The van der Waals surface area contributed by atoms with Crippen molar-refractivity contribution in [1.29, 1.82) is 0 Å². The van der Waals surface area contributed by atoms with Gasteiger partial charge in [0.1, 0.15) is 21.5 Å². The van der Waals surface area contributed by atoms with Gasteiger partial charge in [0, 0.05) is 44.2 Å². The summed E-state index contributed by atoms with van der Waals surface area (Å²) in [6.45, 7) is 0. The van der Waals surface area contributed by atoms with Crippen LogP contribution in [0.25, 0.3) is 10.6 Å². The van der Waals surface area contributed by atoms with E-state index in [1.807, 2.05) is 6.26 Å². The summed E-state index contributed by atoms with van der Waals surface area (Å²) in [4.78, 5) is 26.1. The number of thioether (sulfide) groups is 1. The van der Waals surface area contributed by atoms with Crippen molar-refractivity contribution in [3.63, 3.8) is 0 Å². The third-order valence-electron chi connectivity index (χ3n) is 3.04. The summed E-state index contributed by atoms with van der Waals surface area (Å²) in [5.74, 6) is 0.354. The zero-order valence-corrected chi connectivity index (χ0v) is 14.7. The van der Waals surface area contributed by atoms with Crippen LogP contribution < -0.4 is 4.90 Å². The van der Waals surface area contributed by atoms with Crippen LogP contribution in [0.3, 0.4) is 0 Å². The Morgan fingerprint density at radius 1 is 1.52 bits per heavy atom. The lowest BCUT2D eigenvalue weighted by molar-refractivity contribution is -0.117. The zero-order chi connectivity index (χ0) is 16.8. The third kappa shape index (κ3) is 4.35. The molecule has 8 heteroatoms. The van der Waals surface area contributed by atoms with Crippen LogP contribution in [0.15, 0.2) is 23.5 Å². The van der Waals surface area contributed by atoms with Gasteiger partial charge in [-0.3, -0.25) is 14.8 Å². The molecule has 0 spiro atoms. The first-order chi connectivity index (χ1) is 11.1. The fourth-order valence-corrected chi connectivity index (χ4v) is 3.27. The minimum absolute atomic E-state index is 0.0117. The van der Waals surface area contributed by atoms with Gasteiger partial charge in [-0.25, -0.2) is 9.37 Å². The number of aliphatic imine (C=N–C) groups is 1. The molecule has 0 bridgehead atoms. The van der Waals surface area contributed by atoms with Crippen LogP contribution in [0.5, 0.6) is 0 Å². The third-order valence-corrected chi connectivity index (χ3v) is 4.85. The summed E-state index contributed by atoms with van der Waals surface area (Å²) < 4.78 is 13.4. The number of anilines is 1. The highest BCUT2D eigenvalue weighted by Crippen LogP contribution is 2.33. The second-order valence-corrected chi connectivity index (χ2v) is 6.65. The van der Waals surface area contributed by atoms with Crippen LogP contribution in [-0.2, 0) is 4.79 Å². The van der Waals surface area contributed by atoms with Gasteiger partial charge >= 0.3 is 0 Å². The molecule has 0 saturated carbocycles. The van der Waals surface area contributed by atoms with Gasteiger partial charge in [0.15, 0.2) is 0 Å². The van der Waals surface area contributed by atoms with E-state index in [9.17, 15) is 9.18 Å². The van der Waals surface area contributed by atoms with Crippen molar-refractivity contribution in [2.45, 2.75) is 6.42 Å². The first-order valence-electron chi connectivity index (χ1n) is 6.86. The summed E-state index contributed by atoms with van der Waals surface area (Å²) >= 11 is 2.95. The molecule has 0 N–H and O–H groups in total. The fourth-order valence-electron chi connectivity index (χ4n) is 1.89. The predicted molar refractivity (Wildman–Crippen MR) is 95.2 cm³/mol. The average Bonchev–Trinajstić information content (AvgIpc) is 2.96. The molecule has 2 aromatic rings. The van der Waals surface area contributed by atoms with Gasteiger partial charge in [0.2, 0.25) is 5.91 Å². The maximum atomic E-state index is 13.4. The van der Waals surface area contributed by atoms with Crippen molar-refractivity contribution >= 4 is 40.2 Å². The van der Waals surface area contributed by atoms with E-state index in [4.69, 9.17) is 0 Å². The van der Waals surface area contributed by atoms with E-state index in [2.05, 4.69) is 15.0 Å². The van der Waals surface area contributed by atoms with Gasteiger partial charge in [-0.2, -0.15) is 11.8 Å². The van der Waals surface area contributed by atoms with E-state index >= 15 is 0 Å². The Hall–Kier alpha value is -1.80. The van der Waals surface area contributed by atoms with Crippen molar-refractivity contribution in [3.05, 3.63) is 30.0 Å². The number of amides is 1. The first-order valence-corrected chi connectivity index (χ1v) is 9.07. The molecule has 0 unspecified atom stereocenters. The molecule has 0 aliphatic rings. The molecule has 0 aliphatic carbocycles. The number of rotatable bonds is 6.